The van der Waals surface area contributed by atoms with E-state index in [2.05, 4.69) is 44.2 Å². The summed E-state index contributed by atoms with van der Waals surface area (Å²) in [5.41, 5.74) is 7.86. The maximum absolute atomic E-state index is 4.63. The standard InChI is InChI=1S/C20H14N4.Eu.H3P.Zn/c1-2-14-10-16-5-6-18(23-16)12-20-8-7-19(24-20)11-17-4-3-15(22-17)9-13(1)21-14;;;/h1-12,21,24H;;1H3;. The normalized spacial score (nSPS) is 11.3. The fraction of sp³-hybridized carbons (Fsp3) is 0. The summed E-state index contributed by atoms with van der Waals surface area (Å²) >= 11 is 0. The Morgan fingerprint density at radius 3 is 1.04 bits per heavy atom. The molecule has 0 spiro atoms. The van der Waals surface area contributed by atoms with Crippen LogP contribution in [0.5, 0.6) is 0 Å². The Labute approximate surface area is 213 Å². The number of fused-ring (bicyclic) bond motifs is 8. The van der Waals surface area contributed by atoms with Crippen molar-refractivity contribution in [2.75, 3.05) is 0 Å². The first kappa shape index (κ1) is 22.5. The van der Waals surface area contributed by atoms with Crippen molar-refractivity contribution < 1.29 is 68.9 Å². The van der Waals surface area contributed by atoms with Gasteiger partial charge in [-0.3, -0.25) is 0 Å². The van der Waals surface area contributed by atoms with E-state index in [0.29, 0.717) is 0 Å². The molecule has 0 aliphatic carbocycles. The Morgan fingerprint density at radius 1 is 0.519 bits per heavy atom. The second-order valence-electron chi connectivity index (χ2n) is 5.91. The van der Waals surface area contributed by atoms with E-state index in [4.69, 9.17) is 0 Å². The fourth-order valence-electron chi connectivity index (χ4n) is 2.94. The number of H-pyrrole nitrogens is 2. The molecule has 7 heteroatoms. The van der Waals surface area contributed by atoms with Gasteiger partial charge in [-0.2, -0.15) is 9.90 Å². The summed E-state index contributed by atoms with van der Waals surface area (Å²) in [6, 6.07) is 16.4. The summed E-state index contributed by atoms with van der Waals surface area (Å²) in [5.74, 6) is 0. The zero-order chi connectivity index (χ0) is 15.9. The average molecular weight is 562 g/mol. The van der Waals surface area contributed by atoms with Gasteiger partial charge in [-0.15, -0.1) is 0 Å². The van der Waals surface area contributed by atoms with Gasteiger partial charge >= 0.3 is 0 Å². The first-order chi connectivity index (χ1) is 11.8. The summed E-state index contributed by atoms with van der Waals surface area (Å²) in [6.07, 6.45) is 8.09. The third-order valence-electron chi connectivity index (χ3n) is 4.04. The van der Waals surface area contributed by atoms with Crippen LogP contribution in [-0.2, 0) is 19.5 Å². The van der Waals surface area contributed by atoms with Crippen LogP contribution in [0.2, 0.25) is 0 Å². The molecule has 0 fully saturated rings. The van der Waals surface area contributed by atoms with Crippen molar-refractivity contribution in [3.8, 4) is 0 Å². The minimum atomic E-state index is 0. The van der Waals surface area contributed by atoms with Gasteiger partial charge in [0.2, 0.25) is 0 Å². The van der Waals surface area contributed by atoms with E-state index < -0.39 is 0 Å². The van der Waals surface area contributed by atoms with Crippen LogP contribution in [0.25, 0.3) is 46.4 Å². The molecule has 0 saturated heterocycles. The van der Waals surface area contributed by atoms with E-state index in [-0.39, 0.29) is 78.8 Å². The molecule has 3 aromatic heterocycles. The number of nitrogens with zero attached hydrogens (tertiary/aromatic N) is 2. The third-order valence-corrected chi connectivity index (χ3v) is 4.04. The molecule has 2 N–H and O–H groups in total. The Morgan fingerprint density at radius 2 is 0.778 bits per heavy atom. The monoisotopic (exact) mass is 561 g/mol. The van der Waals surface area contributed by atoms with Crippen LogP contribution >= 0.6 is 9.90 Å². The van der Waals surface area contributed by atoms with Crippen LogP contribution < -0.4 is 0 Å². The molecule has 5 heterocycles. The van der Waals surface area contributed by atoms with Gasteiger partial charge in [0, 0.05) is 90.9 Å². The molecule has 5 rings (SSSR count). The molecule has 27 heavy (non-hydrogen) atoms. The van der Waals surface area contributed by atoms with Crippen LogP contribution in [-0.4, -0.2) is 19.9 Å². The van der Waals surface area contributed by atoms with E-state index >= 15 is 0 Å². The van der Waals surface area contributed by atoms with Crippen molar-refractivity contribution in [1.82, 2.24) is 19.9 Å². The maximum atomic E-state index is 4.63. The molecule has 2 aliphatic rings. The zero-order valence-corrected chi connectivity index (χ0v) is 21.4. The average Bonchev–Trinajstić information content (AvgIpc) is 3.32. The van der Waals surface area contributed by atoms with Crippen LogP contribution in [0.1, 0.15) is 22.8 Å². The van der Waals surface area contributed by atoms with Crippen LogP contribution in [0.4, 0.5) is 0 Å². The van der Waals surface area contributed by atoms with Gasteiger partial charge in [-0.05, 0) is 72.8 Å². The molecule has 131 valence electrons. The van der Waals surface area contributed by atoms with E-state index in [1.807, 2.05) is 48.6 Å². The summed E-state index contributed by atoms with van der Waals surface area (Å²) in [7, 11) is 0. The number of hydrogen-bond donors (Lipinski definition) is 2. The topological polar surface area (TPSA) is 57.4 Å². The predicted molar refractivity (Wildman–Crippen MR) is 110 cm³/mol. The molecule has 8 bridgehead atoms. The van der Waals surface area contributed by atoms with Crippen molar-refractivity contribution >= 4 is 56.3 Å². The molecule has 1 unspecified atom stereocenters. The van der Waals surface area contributed by atoms with Gasteiger partial charge in [-0.25, -0.2) is 9.97 Å². The number of hydrogen-bond acceptors (Lipinski definition) is 2. The molecule has 0 saturated carbocycles. The second kappa shape index (κ2) is 9.63. The maximum Gasteiger partial charge on any atom is 0.0658 e. The number of aromatic amines is 2. The summed E-state index contributed by atoms with van der Waals surface area (Å²) in [5, 5.41) is 0. The van der Waals surface area contributed by atoms with E-state index in [9.17, 15) is 0 Å². The van der Waals surface area contributed by atoms with Crippen LogP contribution in [0.3, 0.4) is 0 Å². The number of aromatic nitrogens is 4. The van der Waals surface area contributed by atoms with Gasteiger partial charge in [-0.1, -0.05) is 0 Å². The molecular weight excluding hydrogens is 545 g/mol. The molecule has 1 atom stereocenters. The van der Waals surface area contributed by atoms with Gasteiger partial charge in [0.05, 0.1) is 22.8 Å². The zero-order valence-electron chi connectivity index (χ0n) is 14.6. The van der Waals surface area contributed by atoms with E-state index in [0.717, 1.165) is 44.8 Å². The molecule has 4 nitrogen and oxygen atoms in total. The fourth-order valence-corrected chi connectivity index (χ4v) is 2.94. The van der Waals surface area contributed by atoms with Crippen molar-refractivity contribution in [3.05, 3.63) is 71.3 Å². The molecule has 0 aromatic carbocycles. The Balaban J connectivity index is 0.000000871. The summed E-state index contributed by atoms with van der Waals surface area (Å²) in [6.45, 7) is 0. The minimum Gasteiger partial charge on any atom is -0.355 e. The van der Waals surface area contributed by atoms with Crippen molar-refractivity contribution in [1.29, 1.82) is 0 Å². The Bertz CT molecular complexity index is 1000. The summed E-state index contributed by atoms with van der Waals surface area (Å²) < 4.78 is 0. The van der Waals surface area contributed by atoms with Gasteiger partial charge in [0.1, 0.15) is 0 Å². The summed E-state index contributed by atoms with van der Waals surface area (Å²) in [4.78, 5) is 16.0. The quantitative estimate of drug-likeness (QED) is 0.213. The number of rotatable bonds is 0. The molecule has 1 radical (unpaired) electrons. The molecule has 2 aliphatic heterocycles. The van der Waals surface area contributed by atoms with Crippen LogP contribution in [0.15, 0.2) is 48.5 Å². The smallest absolute Gasteiger partial charge is 0.0658 e. The Hall–Kier alpha value is -0.762. The van der Waals surface area contributed by atoms with Crippen molar-refractivity contribution in [2.24, 2.45) is 0 Å². The third kappa shape index (κ3) is 5.19. The van der Waals surface area contributed by atoms with Gasteiger partial charge in [0.15, 0.2) is 0 Å². The predicted octanol–water partition coefficient (Wildman–Crippen LogP) is 4.71. The first-order valence-electron chi connectivity index (χ1n) is 7.85. The minimum absolute atomic E-state index is 0. The number of nitrogens with one attached hydrogen (secondary N) is 2. The Kier molecular flexibility index (Phi) is 8.03. The van der Waals surface area contributed by atoms with E-state index in [1.54, 1.807) is 0 Å². The largest absolute Gasteiger partial charge is 0.355 e. The van der Waals surface area contributed by atoms with Gasteiger partial charge in [0.25, 0.3) is 0 Å². The van der Waals surface area contributed by atoms with E-state index in [1.165, 1.54) is 0 Å². The molecule has 0 amide bonds. The molecular formula is C20H17EuN4PZn. The van der Waals surface area contributed by atoms with Crippen molar-refractivity contribution in [3.63, 3.8) is 0 Å². The van der Waals surface area contributed by atoms with Gasteiger partial charge < -0.3 is 9.97 Å². The second-order valence-corrected chi connectivity index (χ2v) is 5.91. The van der Waals surface area contributed by atoms with Crippen molar-refractivity contribution in [2.45, 2.75) is 0 Å². The molecule has 3 aromatic rings. The van der Waals surface area contributed by atoms with Crippen LogP contribution in [0, 0.1) is 49.4 Å². The SMILES string of the molecule is C1=Cc2cc3ccc(cc4nc(cc5ccc(cc1n2)[nH]5)C=C4)[nH]3.P.[Eu].[Zn]. The first-order valence-corrected chi connectivity index (χ1v) is 7.85.